The first-order valence-corrected chi connectivity index (χ1v) is 9.77. The Morgan fingerprint density at radius 3 is 2.31 bits per heavy atom. The van der Waals surface area contributed by atoms with E-state index in [2.05, 4.69) is 21.2 Å². The molecule has 0 bridgehead atoms. The van der Waals surface area contributed by atoms with Gasteiger partial charge in [0.2, 0.25) is 10.0 Å². The Bertz CT molecular complexity index is 946. The summed E-state index contributed by atoms with van der Waals surface area (Å²) in [6.45, 7) is 0. The van der Waals surface area contributed by atoms with Crippen molar-refractivity contribution in [1.82, 2.24) is 4.31 Å². The van der Waals surface area contributed by atoms with Crippen LogP contribution in [-0.2, 0) is 10.0 Å². The number of nitrogens with one attached hydrogen (secondary N) is 1. The summed E-state index contributed by atoms with van der Waals surface area (Å²) in [4.78, 5) is 14.3. The summed E-state index contributed by atoms with van der Waals surface area (Å²) in [5.41, 5.74) is 0.707. The molecule has 0 atom stereocenters. The molecule has 6 nitrogen and oxygen atoms in total. The number of anilines is 2. The van der Waals surface area contributed by atoms with Crippen LogP contribution < -0.4 is 10.2 Å². The highest BCUT2D eigenvalue weighted by Crippen LogP contribution is 2.29. The fourth-order valence-electron chi connectivity index (χ4n) is 2.24. The number of hydrogen-bond donors (Lipinski definition) is 1. The molecule has 0 saturated heterocycles. The van der Waals surface area contributed by atoms with E-state index >= 15 is 0 Å². The van der Waals surface area contributed by atoms with Gasteiger partial charge in [-0.3, -0.25) is 4.79 Å². The van der Waals surface area contributed by atoms with Gasteiger partial charge >= 0.3 is 0 Å². The summed E-state index contributed by atoms with van der Waals surface area (Å²) >= 11 is 3.20. The molecule has 0 spiro atoms. The Labute approximate surface area is 160 Å². The molecule has 0 fully saturated rings. The molecule has 2 rings (SSSR count). The molecular formula is C17H19BrFN3O3S. The predicted molar refractivity (Wildman–Crippen MR) is 104 cm³/mol. The van der Waals surface area contributed by atoms with E-state index in [9.17, 15) is 17.6 Å². The van der Waals surface area contributed by atoms with Gasteiger partial charge in [0.05, 0.1) is 21.8 Å². The SMILES string of the molecule is CN(C)c1ccc(S(=O)(=O)N(C)C)cc1NC(=O)c1cc(Br)ccc1F. The number of halogens is 2. The molecule has 0 aliphatic carbocycles. The van der Waals surface area contributed by atoms with Gasteiger partial charge in [-0.2, -0.15) is 0 Å². The summed E-state index contributed by atoms with van der Waals surface area (Å²) < 4.78 is 40.3. The largest absolute Gasteiger partial charge is 0.376 e. The summed E-state index contributed by atoms with van der Waals surface area (Å²) in [5, 5.41) is 2.60. The second kappa shape index (κ2) is 7.73. The van der Waals surface area contributed by atoms with Crippen molar-refractivity contribution in [3.63, 3.8) is 0 Å². The first-order chi connectivity index (χ1) is 12.0. The summed E-state index contributed by atoms with van der Waals surface area (Å²) in [6.07, 6.45) is 0. The number of hydrogen-bond acceptors (Lipinski definition) is 4. The predicted octanol–water partition coefficient (Wildman–Crippen LogP) is 3.16. The smallest absolute Gasteiger partial charge is 0.258 e. The monoisotopic (exact) mass is 443 g/mol. The maximum absolute atomic E-state index is 14.0. The number of carbonyl (C=O) groups excluding carboxylic acids is 1. The molecule has 2 aromatic carbocycles. The normalized spacial score (nSPS) is 11.5. The van der Waals surface area contributed by atoms with Gasteiger partial charge in [-0.15, -0.1) is 0 Å². The molecule has 0 unspecified atom stereocenters. The Hall–Kier alpha value is -1.97. The third-order valence-corrected chi connectivity index (χ3v) is 5.95. The molecule has 0 aromatic heterocycles. The van der Waals surface area contributed by atoms with Crippen molar-refractivity contribution in [2.24, 2.45) is 0 Å². The van der Waals surface area contributed by atoms with Crippen LogP contribution in [0.4, 0.5) is 15.8 Å². The van der Waals surface area contributed by atoms with E-state index < -0.39 is 21.7 Å². The molecule has 9 heteroatoms. The van der Waals surface area contributed by atoms with Crippen molar-refractivity contribution in [1.29, 1.82) is 0 Å². The molecule has 2 aromatic rings. The van der Waals surface area contributed by atoms with Crippen LogP contribution in [-0.4, -0.2) is 46.8 Å². The van der Waals surface area contributed by atoms with Gasteiger partial charge in [0.15, 0.2) is 0 Å². The van der Waals surface area contributed by atoms with Crippen LogP contribution in [0.25, 0.3) is 0 Å². The molecule has 0 heterocycles. The number of amides is 1. The summed E-state index contributed by atoms with van der Waals surface area (Å²) in [5.74, 6) is -1.35. The molecule has 0 saturated carbocycles. The lowest BCUT2D eigenvalue weighted by atomic mass is 10.2. The van der Waals surface area contributed by atoms with E-state index in [-0.39, 0.29) is 16.1 Å². The van der Waals surface area contributed by atoms with Gasteiger partial charge in [0.1, 0.15) is 5.82 Å². The van der Waals surface area contributed by atoms with E-state index in [1.165, 1.54) is 44.4 Å². The Morgan fingerprint density at radius 2 is 1.73 bits per heavy atom. The van der Waals surface area contributed by atoms with Crippen LogP contribution >= 0.6 is 15.9 Å². The van der Waals surface area contributed by atoms with Gasteiger partial charge in [0.25, 0.3) is 5.91 Å². The van der Waals surface area contributed by atoms with Gasteiger partial charge in [-0.1, -0.05) is 15.9 Å². The molecule has 0 radical (unpaired) electrons. The second-order valence-electron chi connectivity index (χ2n) is 5.94. The number of benzene rings is 2. The summed E-state index contributed by atoms with van der Waals surface area (Å²) in [7, 11) is 2.68. The number of sulfonamides is 1. The van der Waals surface area contributed by atoms with E-state index in [1.54, 1.807) is 25.1 Å². The lowest BCUT2D eigenvalue weighted by molar-refractivity contribution is 0.102. The zero-order valence-electron chi connectivity index (χ0n) is 14.7. The molecule has 26 heavy (non-hydrogen) atoms. The lowest BCUT2D eigenvalue weighted by Crippen LogP contribution is -2.23. The minimum Gasteiger partial charge on any atom is -0.376 e. The van der Waals surface area contributed by atoms with Crippen molar-refractivity contribution in [2.45, 2.75) is 4.90 Å². The maximum Gasteiger partial charge on any atom is 0.258 e. The van der Waals surface area contributed by atoms with Crippen LogP contribution in [0, 0.1) is 5.82 Å². The van der Waals surface area contributed by atoms with Crippen LogP contribution in [0.1, 0.15) is 10.4 Å². The summed E-state index contributed by atoms with van der Waals surface area (Å²) in [6, 6.07) is 8.43. The Morgan fingerprint density at radius 1 is 1.08 bits per heavy atom. The highest BCUT2D eigenvalue weighted by molar-refractivity contribution is 9.10. The van der Waals surface area contributed by atoms with Gasteiger partial charge in [-0.05, 0) is 36.4 Å². The zero-order chi connectivity index (χ0) is 19.6. The second-order valence-corrected chi connectivity index (χ2v) is 9.01. The topological polar surface area (TPSA) is 69.7 Å². The van der Waals surface area contributed by atoms with E-state index in [0.29, 0.717) is 10.2 Å². The van der Waals surface area contributed by atoms with Crippen LogP contribution in [0.2, 0.25) is 0 Å². The molecule has 0 aliphatic heterocycles. The minimum atomic E-state index is -3.68. The first kappa shape index (κ1) is 20.3. The van der Waals surface area contributed by atoms with E-state index in [0.717, 1.165) is 4.31 Å². The highest BCUT2D eigenvalue weighted by atomic mass is 79.9. The average molecular weight is 444 g/mol. The third kappa shape index (κ3) is 4.22. The molecular weight excluding hydrogens is 425 g/mol. The van der Waals surface area contributed by atoms with Crippen molar-refractivity contribution in [3.8, 4) is 0 Å². The molecule has 0 aliphatic rings. The van der Waals surface area contributed by atoms with E-state index in [4.69, 9.17) is 0 Å². The van der Waals surface area contributed by atoms with Crippen molar-refractivity contribution in [3.05, 3.63) is 52.3 Å². The molecule has 140 valence electrons. The van der Waals surface area contributed by atoms with Crippen molar-refractivity contribution in [2.75, 3.05) is 38.4 Å². The van der Waals surface area contributed by atoms with Gasteiger partial charge in [-0.25, -0.2) is 17.1 Å². The molecule has 1 amide bonds. The standard InChI is InChI=1S/C17H19BrFN3O3S/c1-21(2)16-8-6-12(26(24,25)22(3)4)10-15(16)20-17(23)13-9-11(18)5-7-14(13)19/h5-10H,1-4H3,(H,20,23). The molecule has 1 N–H and O–H groups in total. The number of nitrogens with zero attached hydrogens (tertiary/aromatic N) is 2. The van der Waals surface area contributed by atoms with Gasteiger partial charge < -0.3 is 10.2 Å². The maximum atomic E-state index is 14.0. The first-order valence-electron chi connectivity index (χ1n) is 7.54. The fraction of sp³-hybridized carbons (Fsp3) is 0.235. The highest BCUT2D eigenvalue weighted by Gasteiger charge is 2.21. The van der Waals surface area contributed by atoms with E-state index in [1.807, 2.05) is 0 Å². The van der Waals surface area contributed by atoms with Crippen molar-refractivity contribution < 1.29 is 17.6 Å². The van der Waals surface area contributed by atoms with Crippen LogP contribution in [0.3, 0.4) is 0 Å². The number of rotatable bonds is 5. The Kier molecular flexibility index (Phi) is 6.05. The average Bonchev–Trinajstić information content (AvgIpc) is 2.56. The minimum absolute atomic E-state index is 0.0260. The number of carbonyl (C=O) groups is 1. The third-order valence-electron chi connectivity index (χ3n) is 3.65. The zero-order valence-corrected chi connectivity index (χ0v) is 17.1. The van der Waals surface area contributed by atoms with Gasteiger partial charge in [0, 0.05) is 32.7 Å². The lowest BCUT2D eigenvalue weighted by Gasteiger charge is -2.20. The Balaban J connectivity index is 2.50. The quantitative estimate of drug-likeness (QED) is 0.770. The fourth-order valence-corrected chi connectivity index (χ4v) is 3.53. The van der Waals surface area contributed by atoms with Crippen molar-refractivity contribution >= 4 is 43.2 Å². The van der Waals surface area contributed by atoms with Crippen LogP contribution in [0.15, 0.2) is 45.8 Å². The van der Waals surface area contributed by atoms with Crippen LogP contribution in [0.5, 0.6) is 0 Å².